The number of methoxy groups -OCH3 is 1. The number of para-hydroxylation sites is 2. The molecule has 14 nitrogen and oxygen atoms in total. The Morgan fingerprint density at radius 1 is 0.841 bits per heavy atom. The van der Waals surface area contributed by atoms with Crippen LogP contribution in [0.4, 0.5) is 17.1 Å². The maximum absolute atomic E-state index is 15.8. The lowest BCUT2D eigenvalue weighted by molar-refractivity contribution is -0.146. The highest BCUT2D eigenvalue weighted by Gasteiger charge is 2.66. The number of H-pyrrole nitrogens is 2. The second kappa shape index (κ2) is 18.6. The molecular weight excluding hydrogens is 885 g/mol. The molecule has 1 saturated heterocycles. The molecule has 5 aromatic carbocycles. The van der Waals surface area contributed by atoms with E-state index in [0.717, 1.165) is 44.2 Å². The van der Waals surface area contributed by atoms with Crippen LogP contribution in [0, 0.1) is 5.92 Å². The van der Waals surface area contributed by atoms with Gasteiger partial charge in [0, 0.05) is 82.8 Å². The number of nitrogens with zero attached hydrogens (tertiary/aromatic N) is 4. The second-order valence-corrected chi connectivity index (χ2v) is 23.6. The topological polar surface area (TPSA) is 179 Å². The molecule has 1 fully saturated rings. The average molecular weight is 941 g/mol. The fourth-order valence-electron chi connectivity index (χ4n) is 11.0. The zero-order chi connectivity index (χ0) is 47.9. The van der Waals surface area contributed by atoms with Gasteiger partial charge in [0.2, 0.25) is 11.8 Å². The van der Waals surface area contributed by atoms with Crippen molar-refractivity contribution in [3.05, 3.63) is 162 Å². The van der Waals surface area contributed by atoms with Crippen LogP contribution in [-0.2, 0) is 57.1 Å². The molecule has 3 aromatic heterocycles. The largest absolute Gasteiger partial charge is 0.497 e. The summed E-state index contributed by atoms with van der Waals surface area (Å²) < 4.78 is 14.8. The molecule has 10 rings (SSSR count). The van der Waals surface area contributed by atoms with Crippen LogP contribution in [0.15, 0.2) is 134 Å². The highest BCUT2D eigenvalue weighted by molar-refractivity contribution is 6.91. The zero-order valence-electron chi connectivity index (χ0n) is 39.2. The van der Waals surface area contributed by atoms with Gasteiger partial charge in [0.05, 0.1) is 52.1 Å². The molecule has 69 heavy (non-hydrogen) atoms. The minimum atomic E-state index is -2.50. The molecule has 352 valence electrons. The molecule has 2 aliphatic heterocycles. The molecule has 0 unspecified atom stereocenters. The number of ether oxygens (including phenoxy) is 2. The molecule has 0 radical (unpaired) electrons. The van der Waals surface area contributed by atoms with Crippen molar-refractivity contribution >= 4 is 69.9 Å². The number of nitrogens with one attached hydrogen (secondary N) is 4. The molecule has 5 heterocycles. The van der Waals surface area contributed by atoms with E-state index in [1.165, 1.54) is 5.19 Å². The van der Waals surface area contributed by atoms with Crippen LogP contribution in [0.2, 0.25) is 18.6 Å². The summed E-state index contributed by atoms with van der Waals surface area (Å²) in [6.45, 7) is 7.51. The number of aryl methyl sites for hydroxylation is 1. The number of benzene rings is 5. The number of aromatic nitrogens is 5. The standard InChI is InChI=1S/C54H56N8O6Si/c1-34-52(69(3,4)42-19-17-41(67-2)18-20-42)49(22-24-61-33-40(23-25-63)59-60-61)68-54(34)45-29-39(58-51(65)28-37-31-56-47-15-8-6-13-44(37)47)16-21-48(45)62(53(54)66)32-35-10-9-11-38(26-35)57-50(64)27-36-30-55-46-14-7-5-12-43(36)46/h5-21,26,29-31,33-34,49,52,55-56,63H,22-25,27-28,32H2,1-4H3,(H,57,64)(H,58,65)/t34-,49+,52-,54+/m1/s1. The first-order valence-corrected chi connectivity index (χ1v) is 26.6. The number of fused-ring (bicyclic) bond motifs is 4. The molecule has 8 aromatic rings. The molecule has 5 N–H and O–H groups in total. The third-order valence-corrected chi connectivity index (χ3v) is 18.7. The Morgan fingerprint density at radius 2 is 1.49 bits per heavy atom. The zero-order valence-corrected chi connectivity index (χ0v) is 40.2. The summed E-state index contributed by atoms with van der Waals surface area (Å²) >= 11 is 0. The monoisotopic (exact) mass is 940 g/mol. The highest BCUT2D eigenvalue weighted by Crippen LogP contribution is 2.60. The first-order chi connectivity index (χ1) is 33.4. The van der Waals surface area contributed by atoms with Crippen LogP contribution in [0.5, 0.6) is 5.75 Å². The number of aromatic amines is 2. The summed E-state index contributed by atoms with van der Waals surface area (Å²) in [4.78, 5) is 51.4. The summed E-state index contributed by atoms with van der Waals surface area (Å²) in [7, 11) is -0.841. The number of anilines is 3. The van der Waals surface area contributed by atoms with Gasteiger partial charge in [-0.05, 0) is 83.2 Å². The van der Waals surface area contributed by atoms with E-state index in [0.29, 0.717) is 47.7 Å². The summed E-state index contributed by atoms with van der Waals surface area (Å²) in [5.74, 6) is -0.0577. The number of carbonyl (C=O) groups excluding carboxylic acids is 3. The maximum Gasteiger partial charge on any atom is 0.264 e. The molecule has 15 heteroatoms. The van der Waals surface area contributed by atoms with E-state index in [-0.39, 0.29) is 61.3 Å². The van der Waals surface area contributed by atoms with Crippen LogP contribution in [-0.4, -0.2) is 75.7 Å². The molecule has 0 aliphatic carbocycles. The number of aliphatic hydroxyl groups is 1. The van der Waals surface area contributed by atoms with Gasteiger partial charge >= 0.3 is 0 Å². The smallest absolute Gasteiger partial charge is 0.264 e. The fraction of sp³-hybridized carbons (Fsp3) is 0.278. The number of rotatable bonds is 16. The van der Waals surface area contributed by atoms with Gasteiger partial charge in [0.1, 0.15) is 5.75 Å². The average Bonchev–Trinajstić information content (AvgIpc) is 4.18. The van der Waals surface area contributed by atoms with Crippen molar-refractivity contribution in [3.63, 3.8) is 0 Å². The first-order valence-electron chi connectivity index (χ1n) is 23.5. The molecule has 0 bridgehead atoms. The molecule has 0 saturated carbocycles. The van der Waals surface area contributed by atoms with E-state index in [4.69, 9.17) is 9.47 Å². The second-order valence-electron chi connectivity index (χ2n) is 18.9. The molecule has 2 aliphatic rings. The number of hydrogen-bond acceptors (Lipinski definition) is 8. The Balaban J connectivity index is 0.994. The Hall–Kier alpha value is -7.33. The van der Waals surface area contributed by atoms with Gasteiger partial charge in [0.15, 0.2) is 5.60 Å². The lowest BCUT2D eigenvalue weighted by Crippen LogP contribution is -2.51. The van der Waals surface area contributed by atoms with Gasteiger partial charge in [-0.2, -0.15) is 0 Å². The van der Waals surface area contributed by atoms with Crippen molar-refractivity contribution < 1.29 is 29.0 Å². The number of aliphatic hydroxyl groups excluding tert-OH is 1. The van der Waals surface area contributed by atoms with E-state index >= 15 is 4.79 Å². The maximum atomic E-state index is 15.8. The quantitative estimate of drug-likeness (QED) is 0.0605. The SMILES string of the molecule is COc1ccc([Si](C)(C)[C@H]2[C@H](CCn3cc(CCO)nn3)O[C@@]3(C(=O)N(Cc4cccc(NC(=O)Cc5c[nH]c6ccccc56)c4)c4ccc(NC(=O)Cc5c[nH]c6ccccc56)cc43)[C@@H]2C)cc1. The van der Waals surface area contributed by atoms with Gasteiger partial charge < -0.3 is 40.1 Å². The normalized spacial score (nSPS) is 18.9. The summed E-state index contributed by atoms with van der Waals surface area (Å²) in [6, 6.07) is 37.4. The van der Waals surface area contributed by atoms with Crippen LogP contribution in [0.3, 0.4) is 0 Å². The van der Waals surface area contributed by atoms with Crippen molar-refractivity contribution in [1.82, 2.24) is 25.0 Å². The predicted molar refractivity (Wildman–Crippen MR) is 270 cm³/mol. The van der Waals surface area contributed by atoms with E-state index < -0.39 is 13.7 Å². The third kappa shape index (κ3) is 8.62. The molecule has 3 amide bonds. The van der Waals surface area contributed by atoms with Crippen molar-refractivity contribution in [3.8, 4) is 5.75 Å². The van der Waals surface area contributed by atoms with Gasteiger partial charge in [-0.1, -0.05) is 91.1 Å². The summed E-state index contributed by atoms with van der Waals surface area (Å²) in [5, 5.41) is 27.6. The minimum Gasteiger partial charge on any atom is -0.497 e. The molecular formula is C54H56N8O6Si. The molecule has 1 spiro atoms. The van der Waals surface area contributed by atoms with Crippen LogP contribution in [0.1, 0.15) is 41.3 Å². The first kappa shape index (κ1) is 45.4. The van der Waals surface area contributed by atoms with E-state index in [9.17, 15) is 14.7 Å². The van der Waals surface area contributed by atoms with Gasteiger partial charge in [-0.3, -0.25) is 19.1 Å². The number of hydrogen-bond donors (Lipinski definition) is 5. The third-order valence-electron chi connectivity index (χ3n) is 14.3. The van der Waals surface area contributed by atoms with Crippen LogP contribution >= 0.6 is 0 Å². The Morgan fingerprint density at radius 3 is 2.14 bits per heavy atom. The lowest BCUT2D eigenvalue weighted by atomic mass is 9.82. The van der Waals surface area contributed by atoms with E-state index in [2.05, 4.69) is 63.1 Å². The van der Waals surface area contributed by atoms with Crippen LogP contribution < -0.4 is 25.5 Å². The van der Waals surface area contributed by atoms with Crippen molar-refractivity contribution in [2.24, 2.45) is 5.92 Å². The highest BCUT2D eigenvalue weighted by atomic mass is 28.3. The Kier molecular flexibility index (Phi) is 12.3. The van der Waals surface area contributed by atoms with E-state index in [1.807, 2.05) is 122 Å². The Bertz CT molecular complexity index is 3200. The van der Waals surface area contributed by atoms with Gasteiger partial charge in [-0.25, -0.2) is 0 Å². The van der Waals surface area contributed by atoms with E-state index in [1.54, 1.807) is 16.7 Å². The van der Waals surface area contributed by atoms with Crippen LogP contribution in [0.25, 0.3) is 21.8 Å². The van der Waals surface area contributed by atoms with Crippen molar-refractivity contribution in [1.29, 1.82) is 0 Å². The Labute approximate surface area is 401 Å². The minimum absolute atomic E-state index is 0.0254. The fourth-order valence-corrected chi connectivity index (χ4v) is 15.1. The lowest BCUT2D eigenvalue weighted by Gasteiger charge is -2.37. The van der Waals surface area contributed by atoms with Crippen molar-refractivity contribution in [2.75, 3.05) is 29.3 Å². The predicted octanol–water partition coefficient (Wildman–Crippen LogP) is 8.00. The van der Waals surface area contributed by atoms with Gasteiger partial charge in [0.25, 0.3) is 5.91 Å². The number of carbonyl (C=O) groups is 3. The van der Waals surface area contributed by atoms with Gasteiger partial charge in [-0.15, -0.1) is 5.10 Å². The summed E-state index contributed by atoms with van der Waals surface area (Å²) in [5.41, 5.74) is 6.38. The summed E-state index contributed by atoms with van der Waals surface area (Å²) in [6.07, 6.45) is 6.54. The molecule has 4 atom stereocenters. The number of amides is 3. The van der Waals surface area contributed by atoms with Crippen molar-refractivity contribution in [2.45, 2.75) is 76.0 Å².